The number of carbonyl (C=O) groups excluding carboxylic acids is 1. The van der Waals surface area contributed by atoms with Crippen molar-refractivity contribution in [3.63, 3.8) is 0 Å². The van der Waals surface area contributed by atoms with Gasteiger partial charge in [0.15, 0.2) is 0 Å². The molecule has 136 valence electrons. The molecule has 3 atom stereocenters. The number of nitrogens with zero attached hydrogens (tertiary/aromatic N) is 1. The fraction of sp³-hybridized carbons (Fsp3) is 0.667. The molecular weight excluding hydrogens is 322 g/mol. The van der Waals surface area contributed by atoms with E-state index in [0.29, 0.717) is 19.1 Å². The average molecular weight is 347 g/mol. The van der Waals surface area contributed by atoms with Crippen LogP contribution in [0.3, 0.4) is 0 Å². The minimum atomic E-state index is -0.291. The molecule has 4 rings (SSSR count). The van der Waals surface area contributed by atoms with Crippen molar-refractivity contribution in [2.24, 2.45) is 0 Å². The molecule has 1 amide bonds. The van der Waals surface area contributed by atoms with E-state index in [1.54, 1.807) is 6.07 Å². The van der Waals surface area contributed by atoms with E-state index in [4.69, 9.17) is 9.84 Å². The molecule has 0 radical (unpaired) electrons. The van der Waals surface area contributed by atoms with E-state index >= 15 is 0 Å². The standard InChI is InChI=1S/C18H25N3O4/c22-5-4-14-9-21-8-12(7-13(21)10-25-14)19-17(23)15-6-11-2-1-3-16(11)20-18(15)24/h6,12-14,22H,1-5,7-10H2,(H,19,23)(H,20,24)/t12-,13-,14-/m0/s1. The molecule has 7 heteroatoms. The Balaban J connectivity index is 1.40. The van der Waals surface area contributed by atoms with Crippen LogP contribution < -0.4 is 10.9 Å². The Kier molecular flexibility index (Phi) is 4.62. The highest BCUT2D eigenvalue weighted by Gasteiger charge is 2.38. The lowest BCUT2D eigenvalue weighted by Crippen LogP contribution is -2.46. The Hall–Kier alpha value is -1.70. The van der Waals surface area contributed by atoms with Crippen LogP contribution in [0.5, 0.6) is 0 Å². The molecule has 1 aromatic rings. The predicted molar refractivity (Wildman–Crippen MR) is 91.8 cm³/mol. The molecule has 0 spiro atoms. The van der Waals surface area contributed by atoms with E-state index in [2.05, 4.69) is 15.2 Å². The lowest BCUT2D eigenvalue weighted by molar-refractivity contribution is -0.0566. The molecule has 3 heterocycles. The van der Waals surface area contributed by atoms with Gasteiger partial charge >= 0.3 is 0 Å². The Morgan fingerprint density at radius 2 is 2.28 bits per heavy atom. The highest BCUT2D eigenvalue weighted by Crippen LogP contribution is 2.24. The van der Waals surface area contributed by atoms with Crippen molar-refractivity contribution < 1.29 is 14.6 Å². The number of hydrogen-bond acceptors (Lipinski definition) is 5. The third-order valence-corrected chi connectivity index (χ3v) is 5.61. The van der Waals surface area contributed by atoms with E-state index in [0.717, 1.165) is 50.0 Å². The van der Waals surface area contributed by atoms with Crippen LogP contribution >= 0.6 is 0 Å². The molecule has 0 bridgehead atoms. The molecule has 2 fully saturated rings. The monoisotopic (exact) mass is 347 g/mol. The number of aliphatic hydroxyl groups is 1. The van der Waals surface area contributed by atoms with Crippen molar-refractivity contribution in [3.8, 4) is 0 Å². The Morgan fingerprint density at radius 3 is 3.12 bits per heavy atom. The summed E-state index contributed by atoms with van der Waals surface area (Å²) in [6.45, 7) is 2.32. The summed E-state index contributed by atoms with van der Waals surface area (Å²) < 4.78 is 5.77. The second-order valence-corrected chi connectivity index (χ2v) is 7.35. The molecule has 0 aromatic carbocycles. The van der Waals surface area contributed by atoms with Gasteiger partial charge in [0.25, 0.3) is 11.5 Å². The third kappa shape index (κ3) is 3.36. The number of ether oxygens (including phenoxy) is 1. The van der Waals surface area contributed by atoms with Crippen LogP contribution in [-0.2, 0) is 17.6 Å². The Labute approximate surface area is 146 Å². The van der Waals surface area contributed by atoms with Gasteiger partial charge in [-0.3, -0.25) is 14.5 Å². The van der Waals surface area contributed by atoms with Gasteiger partial charge in [-0.1, -0.05) is 0 Å². The number of amides is 1. The van der Waals surface area contributed by atoms with Crippen molar-refractivity contribution in [3.05, 3.63) is 33.2 Å². The number of aryl methyl sites for hydroxylation is 2. The van der Waals surface area contributed by atoms with Crippen molar-refractivity contribution in [1.82, 2.24) is 15.2 Å². The zero-order valence-electron chi connectivity index (χ0n) is 14.3. The summed E-state index contributed by atoms with van der Waals surface area (Å²) in [5.41, 5.74) is 2.00. The minimum absolute atomic E-state index is 0.0293. The number of aromatic nitrogens is 1. The van der Waals surface area contributed by atoms with E-state index in [1.807, 2.05) is 0 Å². The van der Waals surface area contributed by atoms with Crippen LogP contribution in [0.2, 0.25) is 0 Å². The predicted octanol–water partition coefficient (Wildman–Crippen LogP) is -0.182. The highest BCUT2D eigenvalue weighted by molar-refractivity contribution is 5.94. The number of hydrogen-bond donors (Lipinski definition) is 3. The number of aliphatic hydroxyl groups excluding tert-OH is 1. The lowest BCUT2D eigenvalue weighted by atomic mass is 10.1. The number of morpholine rings is 1. The summed E-state index contributed by atoms with van der Waals surface area (Å²) in [7, 11) is 0. The largest absolute Gasteiger partial charge is 0.396 e. The summed E-state index contributed by atoms with van der Waals surface area (Å²) in [6.07, 6.45) is 4.39. The molecule has 2 aliphatic heterocycles. The first kappa shape index (κ1) is 16.8. The van der Waals surface area contributed by atoms with Crippen LogP contribution in [0.1, 0.15) is 40.9 Å². The number of aromatic amines is 1. The summed E-state index contributed by atoms with van der Waals surface area (Å²) in [6, 6.07) is 2.10. The van der Waals surface area contributed by atoms with Crippen LogP contribution in [0.4, 0.5) is 0 Å². The summed E-state index contributed by atoms with van der Waals surface area (Å²) in [5.74, 6) is -0.284. The van der Waals surface area contributed by atoms with Crippen molar-refractivity contribution in [2.75, 3.05) is 26.3 Å². The van der Waals surface area contributed by atoms with Crippen LogP contribution in [-0.4, -0.2) is 65.4 Å². The SMILES string of the molecule is O=C(N[C@H]1C[C@H]2CO[C@@H](CCO)CN2C1)c1cc2c([nH]c1=O)CCC2. The first-order chi connectivity index (χ1) is 12.1. The second-order valence-electron chi connectivity index (χ2n) is 7.35. The topological polar surface area (TPSA) is 94.7 Å². The number of rotatable bonds is 4. The molecule has 3 aliphatic rings. The fourth-order valence-corrected chi connectivity index (χ4v) is 4.31. The average Bonchev–Trinajstić information content (AvgIpc) is 3.19. The maximum absolute atomic E-state index is 12.6. The van der Waals surface area contributed by atoms with Gasteiger partial charge in [0.05, 0.1) is 12.7 Å². The number of fused-ring (bicyclic) bond motifs is 2. The van der Waals surface area contributed by atoms with Gasteiger partial charge in [0, 0.05) is 37.5 Å². The molecule has 25 heavy (non-hydrogen) atoms. The molecule has 3 N–H and O–H groups in total. The smallest absolute Gasteiger partial charge is 0.261 e. The van der Waals surface area contributed by atoms with Crippen molar-refractivity contribution in [2.45, 2.75) is 50.3 Å². The van der Waals surface area contributed by atoms with Gasteiger partial charge in [0.1, 0.15) is 5.56 Å². The van der Waals surface area contributed by atoms with Crippen molar-refractivity contribution in [1.29, 1.82) is 0 Å². The van der Waals surface area contributed by atoms with Gasteiger partial charge < -0.3 is 20.1 Å². The summed E-state index contributed by atoms with van der Waals surface area (Å²) in [5, 5.41) is 12.1. The molecule has 0 unspecified atom stereocenters. The van der Waals surface area contributed by atoms with Gasteiger partial charge in [-0.05, 0) is 43.7 Å². The molecule has 0 saturated carbocycles. The zero-order chi connectivity index (χ0) is 17.4. The second kappa shape index (κ2) is 6.90. The van der Waals surface area contributed by atoms with Gasteiger partial charge in [0.2, 0.25) is 0 Å². The van der Waals surface area contributed by atoms with E-state index < -0.39 is 0 Å². The molecular formula is C18H25N3O4. The maximum Gasteiger partial charge on any atom is 0.261 e. The van der Waals surface area contributed by atoms with Gasteiger partial charge in [-0.2, -0.15) is 0 Å². The van der Waals surface area contributed by atoms with Gasteiger partial charge in [-0.25, -0.2) is 0 Å². The number of carbonyl (C=O) groups is 1. The van der Waals surface area contributed by atoms with Gasteiger partial charge in [-0.15, -0.1) is 0 Å². The summed E-state index contributed by atoms with van der Waals surface area (Å²) >= 11 is 0. The third-order valence-electron chi connectivity index (χ3n) is 5.61. The maximum atomic E-state index is 12.6. The normalized spacial score (nSPS) is 28.6. The van der Waals surface area contributed by atoms with Crippen molar-refractivity contribution >= 4 is 5.91 Å². The fourth-order valence-electron chi connectivity index (χ4n) is 4.31. The number of nitrogens with one attached hydrogen (secondary N) is 2. The molecule has 1 aliphatic carbocycles. The first-order valence-corrected chi connectivity index (χ1v) is 9.16. The number of pyridine rings is 1. The Bertz CT molecular complexity index is 717. The molecule has 7 nitrogen and oxygen atoms in total. The van der Waals surface area contributed by atoms with E-state index in [9.17, 15) is 9.59 Å². The lowest BCUT2D eigenvalue weighted by Gasteiger charge is -2.34. The molecule has 2 saturated heterocycles. The van der Waals surface area contributed by atoms with Crippen LogP contribution in [0.25, 0.3) is 0 Å². The minimum Gasteiger partial charge on any atom is -0.396 e. The molecule has 1 aromatic heterocycles. The Morgan fingerprint density at radius 1 is 1.40 bits per heavy atom. The zero-order valence-corrected chi connectivity index (χ0v) is 14.3. The van der Waals surface area contributed by atoms with Crippen LogP contribution in [0, 0.1) is 0 Å². The first-order valence-electron chi connectivity index (χ1n) is 9.16. The number of H-pyrrole nitrogens is 1. The summed E-state index contributed by atoms with van der Waals surface area (Å²) in [4.78, 5) is 30.0. The highest BCUT2D eigenvalue weighted by atomic mass is 16.5. The van der Waals surface area contributed by atoms with E-state index in [1.165, 1.54) is 0 Å². The van der Waals surface area contributed by atoms with E-state index in [-0.39, 0.29) is 35.8 Å². The quantitative estimate of drug-likeness (QED) is 0.702. The van der Waals surface area contributed by atoms with Crippen LogP contribution in [0.15, 0.2) is 10.9 Å².